The molecule has 3 aromatic carbocycles. The molecule has 0 aromatic heterocycles. The molecule has 6 nitrogen and oxygen atoms in total. The molecule has 0 fully saturated rings. The Bertz CT molecular complexity index is 982. The van der Waals surface area contributed by atoms with Gasteiger partial charge in [-0.05, 0) is 42.0 Å². The molecule has 0 N–H and O–H groups in total. The molecule has 150 valence electrons. The maximum absolute atomic E-state index is 11.5. The molecule has 0 unspecified atom stereocenters. The Hall–Kier alpha value is -1.58. The van der Waals surface area contributed by atoms with E-state index in [4.69, 9.17) is 25.9 Å². The minimum Gasteiger partial charge on any atom is -0.559 e. The van der Waals surface area contributed by atoms with Crippen molar-refractivity contribution in [2.75, 3.05) is 14.2 Å². The Morgan fingerprint density at radius 2 is 1.70 bits per heavy atom. The number of benzene rings is 3. The third-order valence-electron chi connectivity index (χ3n) is 3.96. The second kappa shape index (κ2) is 12.3. The van der Waals surface area contributed by atoms with Crippen LogP contribution in [-0.2, 0) is 16.2 Å². The zero-order chi connectivity index (χ0) is 20.6. The Labute approximate surface area is 222 Å². The minimum atomic E-state index is -0.389. The molecule has 0 bridgehead atoms. The average molecular weight is 452 g/mol. The van der Waals surface area contributed by atoms with Gasteiger partial charge in [0.1, 0.15) is 17.2 Å². The summed E-state index contributed by atoms with van der Waals surface area (Å²) in [4.78, 5) is 16.9. The van der Waals surface area contributed by atoms with E-state index in [0.29, 0.717) is 33.5 Å². The number of nitrogens with zero attached hydrogens (tertiary/aromatic N) is 1. The monoisotopic (exact) mass is 451 g/mol. The van der Waals surface area contributed by atoms with Crippen LogP contribution in [0.25, 0.3) is 5.48 Å². The number of hydrogen-bond acceptors (Lipinski definition) is 5. The van der Waals surface area contributed by atoms with Gasteiger partial charge in [0, 0.05) is 11.1 Å². The molecule has 0 saturated heterocycles. The number of ether oxygens (including phenoxy) is 3. The van der Waals surface area contributed by atoms with Crippen molar-refractivity contribution in [3.63, 3.8) is 0 Å². The van der Waals surface area contributed by atoms with Crippen LogP contribution in [-0.4, -0.2) is 20.2 Å². The number of methoxy groups -OCH3 is 2. The molecule has 0 aliphatic carbocycles. The first-order valence-electron chi connectivity index (χ1n) is 8.71. The predicted molar refractivity (Wildman–Crippen MR) is 110 cm³/mol. The maximum Gasteiger partial charge on any atom is 1.00 e. The Kier molecular flexibility index (Phi) is 10.1. The van der Waals surface area contributed by atoms with Crippen molar-refractivity contribution in [3.05, 3.63) is 88.4 Å². The van der Waals surface area contributed by atoms with Crippen LogP contribution in [0.5, 0.6) is 17.2 Å². The van der Waals surface area contributed by atoms with E-state index in [1.54, 1.807) is 55.6 Å². The Morgan fingerprint density at radius 1 is 0.967 bits per heavy atom. The van der Waals surface area contributed by atoms with Crippen molar-refractivity contribution < 1.29 is 75.2 Å². The van der Waals surface area contributed by atoms with Gasteiger partial charge in [0.15, 0.2) is 0 Å². The van der Waals surface area contributed by atoms with Crippen LogP contribution in [0.3, 0.4) is 0 Å². The molecule has 0 saturated carbocycles. The van der Waals surface area contributed by atoms with Crippen molar-refractivity contribution >= 4 is 23.3 Å². The molecule has 0 atom stereocenters. The molecular formula is C22H19ClKNO5. The molecular weight excluding hydrogens is 433 g/mol. The summed E-state index contributed by atoms with van der Waals surface area (Å²) in [6.45, 7) is 0.215. The predicted octanol–water partition coefficient (Wildman–Crippen LogP) is 3.07. The molecule has 3 rings (SSSR count). The average Bonchev–Trinajstić information content (AvgIpc) is 2.75. The van der Waals surface area contributed by atoms with Gasteiger partial charge in [0.2, 0.25) is 0 Å². The number of halogens is 1. The van der Waals surface area contributed by atoms with Gasteiger partial charge in [-0.1, -0.05) is 41.6 Å². The van der Waals surface area contributed by atoms with Gasteiger partial charge in [-0.25, -0.2) is 4.79 Å². The summed E-state index contributed by atoms with van der Waals surface area (Å²) in [7, 11) is 2.93. The first-order chi connectivity index (χ1) is 14.1. The fraction of sp³-hybridized carbons (Fsp3) is 0.136. The van der Waals surface area contributed by atoms with Crippen LogP contribution in [0.15, 0.2) is 66.7 Å². The first-order valence-corrected chi connectivity index (χ1v) is 9.08. The van der Waals surface area contributed by atoms with Gasteiger partial charge >= 0.3 is 57.4 Å². The van der Waals surface area contributed by atoms with Crippen molar-refractivity contribution in [3.8, 4) is 17.2 Å². The van der Waals surface area contributed by atoms with Crippen LogP contribution >= 0.6 is 11.6 Å². The number of rotatable bonds is 8. The standard InChI is InChI=1S/C22H19ClNO5.K/c1-26-18-4-3-5-19(13-18)29-21-11-10-17(23)12-20(21)24-28-14-15-6-8-16(9-7-15)22(25)27-2;/h3-13H,14H2,1-2H3;/q-1;+1. The number of esters is 1. The molecule has 0 radical (unpaired) electrons. The smallest absolute Gasteiger partial charge is 0.559 e. The van der Waals surface area contributed by atoms with Crippen LogP contribution in [0.1, 0.15) is 15.9 Å². The summed E-state index contributed by atoms with van der Waals surface area (Å²) >= 11 is 6.09. The third kappa shape index (κ3) is 6.99. The van der Waals surface area contributed by atoms with Gasteiger partial charge in [0.25, 0.3) is 0 Å². The molecule has 3 aromatic rings. The van der Waals surface area contributed by atoms with Crippen molar-refractivity contribution in [1.82, 2.24) is 0 Å². The van der Waals surface area contributed by atoms with Gasteiger partial charge in [-0.15, -0.1) is 0 Å². The fourth-order valence-electron chi connectivity index (χ4n) is 2.47. The van der Waals surface area contributed by atoms with Crippen molar-refractivity contribution in [1.29, 1.82) is 0 Å². The Balaban J connectivity index is 0.00000320. The molecule has 0 amide bonds. The van der Waals surface area contributed by atoms with Crippen LogP contribution in [0, 0.1) is 0 Å². The largest absolute Gasteiger partial charge is 1.00 e. The second-order valence-corrected chi connectivity index (χ2v) is 6.38. The second-order valence-electron chi connectivity index (χ2n) is 5.95. The first kappa shape index (κ1) is 24.7. The van der Waals surface area contributed by atoms with E-state index in [1.165, 1.54) is 7.11 Å². The van der Waals surface area contributed by atoms with Crippen LogP contribution in [0.2, 0.25) is 5.02 Å². The summed E-state index contributed by atoms with van der Waals surface area (Å²) in [6.07, 6.45) is 0. The van der Waals surface area contributed by atoms with Gasteiger partial charge in [-0.3, -0.25) is 0 Å². The number of carbonyl (C=O) groups excluding carboxylic acids is 1. The molecule has 8 heteroatoms. The van der Waals surface area contributed by atoms with E-state index in [1.807, 2.05) is 18.2 Å². The SMILES string of the molecule is COC(=O)c1ccc(CO[N-]c2cc(Cl)ccc2Oc2cccc(OC)c2)cc1.[K+]. The summed E-state index contributed by atoms with van der Waals surface area (Å²) < 4.78 is 15.8. The maximum atomic E-state index is 11.5. The molecule has 0 aliphatic heterocycles. The Morgan fingerprint density at radius 3 is 2.40 bits per heavy atom. The summed E-state index contributed by atoms with van der Waals surface area (Å²) in [6, 6.07) is 19.2. The van der Waals surface area contributed by atoms with E-state index in [9.17, 15) is 4.79 Å². The zero-order valence-corrected chi connectivity index (χ0v) is 20.8. The van der Waals surface area contributed by atoms with E-state index in [-0.39, 0.29) is 64.0 Å². The minimum absolute atomic E-state index is 0. The van der Waals surface area contributed by atoms with E-state index >= 15 is 0 Å². The van der Waals surface area contributed by atoms with Gasteiger partial charge in [-0.2, -0.15) is 0 Å². The van der Waals surface area contributed by atoms with E-state index < -0.39 is 0 Å². The normalized spacial score (nSPS) is 9.97. The number of hydrogen-bond donors (Lipinski definition) is 0. The summed E-state index contributed by atoms with van der Waals surface area (Å²) in [5.41, 5.74) is 5.91. The number of carbonyl (C=O) groups is 1. The molecule has 0 heterocycles. The van der Waals surface area contributed by atoms with Crippen LogP contribution < -0.4 is 60.9 Å². The zero-order valence-electron chi connectivity index (χ0n) is 16.9. The fourth-order valence-corrected chi connectivity index (χ4v) is 2.64. The third-order valence-corrected chi connectivity index (χ3v) is 4.19. The van der Waals surface area contributed by atoms with E-state index in [2.05, 4.69) is 10.2 Å². The molecule has 0 aliphatic rings. The van der Waals surface area contributed by atoms with Crippen LogP contribution in [0.4, 0.5) is 5.69 Å². The van der Waals surface area contributed by atoms with Crippen molar-refractivity contribution in [2.24, 2.45) is 0 Å². The topological polar surface area (TPSA) is 68.1 Å². The molecule has 0 spiro atoms. The summed E-state index contributed by atoms with van der Waals surface area (Å²) in [5.74, 6) is 1.38. The summed E-state index contributed by atoms with van der Waals surface area (Å²) in [5, 5.41) is 0.507. The van der Waals surface area contributed by atoms with Gasteiger partial charge in [0.05, 0.1) is 26.4 Å². The van der Waals surface area contributed by atoms with Gasteiger partial charge < -0.3 is 24.5 Å². The quantitative estimate of drug-likeness (QED) is 0.299. The molecule has 30 heavy (non-hydrogen) atoms. The van der Waals surface area contributed by atoms with Crippen molar-refractivity contribution in [2.45, 2.75) is 6.61 Å². The van der Waals surface area contributed by atoms with E-state index in [0.717, 1.165) is 5.56 Å².